The van der Waals surface area contributed by atoms with E-state index in [2.05, 4.69) is 11.4 Å². The van der Waals surface area contributed by atoms with Crippen LogP contribution >= 0.6 is 23.1 Å². The standard InChI is InChI=1S/C25H19N3O2S2/c1-30-19-10-5-9-18(13-19)27-24(29)16-32-25-21(15-26)20(23-11-6-12-31-23)14-22(28-25)17-7-3-2-4-8-17/h2-14H,16H2,1H3,(H,27,29). The molecule has 0 aliphatic carbocycles. The molecular weight excluding hydrogens is 438 g/mol. The van der Waals surface area contributed by atoms with Crippen LogP contribution in [0.5, 0.6) is 5.75 Å². The first kappa shape index (κ1) is 21.6. The Bertz CT molecular complexity index is 1270. The van der Waals surface area contributed by atoms with Crippen LogP contribution in [0.15, 0.2) is 83.2 Å². The predicted molar refractivity (Wildman–Crippen MR) is 130 cm³/mol. The molecule has 2 aromatic heterocycles. The summed E-state index contributed by atoms with van der Waals surface area (Å²) in [6.07, 6.45) is 0. The molecule has 0 saturated heterocycles. The molecule has 5 nitrogen and oxygen atoms in total. The van der Waals surface area contributed by atoms with Crippen LogP contribution in [-0.2, 0) is 4.79 Å². The van der Waals surface area contributed by atoms with E-state index in [9.17, 15) is 10.1 Å². The third-order valence-electron chi connectivity index (χ3n) is 4.65. The molecule has 0 aliphatic heterocycles. The minimum absolute atomic E-state index is 0.126. The van der Waals surface area contributed by atoms with E-state index in [-0.39, 0.29) is 11.7 Å². The van der Waals surface area contributed by atoms with Crippen LogP contribution in [0.1, 0.15) is 5.56 Å². The molecule has 1 amide bonds. The Morgan fingerprint density at radius 1 is 1.12 bits per heavy atom. The summed E-state index contributed by atoms with van der Waals surface area (Å²) in [6.45, 7) is 0. The topological polar surface area (TPSA) is 75.0 Å². The summed E-state index contributed by atoms with van der Waals surface area (Å²) in [5.74, 6) is 0.609. The van der Waals surface area contributed by atoms with Crippen molar-refractivity contribution in [3.63, 3.8) is 0 Å². The van der Waals surface area contributed by atoms with Gasteiger partial charge in [0.2, 0.25) is 5.91 Å². The number of hydrogen-bond donors (Lipinski definition) is 1. The van der Waals surface area contributed by atoms with E-state index in [0.717, 1.165) is 21.7 Å². The Labute approximate surface area is 194 Å². The number of nitrogens with zero attached hydrogens (tertiary/aromatic N) is 2. The maximum absolute atomic E-state index is 12.6. The molecule has 0 aliphatic rings. The van der Waals surface area contributed by atoms with Crippen molar-refractivity contribution >= 4 is 34.7 Å². The molecule has 158 valence electrons. The maximum Gasteiger partial charge on any atom is 0.234 e. The molecule has 2 aromatic carbocycles. The number of aromatic nitrogens is 1. The van der Waals surface area contributed by atoms with Crippen LogP contribution in [0.4, 0.5) is 5.69 Å². The summed E-state index contributed by atoms with van der Waals surface area (Å²) in [7, 11) is 1.58. The van der Waals surface area contributed by atoms with E-state index in [1.807, 2.05) is 66.0 Å². The van der Waals surface area contributed by atoms with E-state index in [1.165, 1.54) is 11.8 Å². The zero-order valence-corrected chi connectivity index (χ0v) is 18.9. The fourth-order valence-corrected chi connectivity index (χ4v) is 4.70. The minimum atomic E-state index is -0.184. The number of carbonyl (C=O) groups is 1. The van der Waals surface area contributed by atoms with Gasteiger partial charge in [0.25, 0.3) is 0 Å². The van der Waals surface area contributed by atoms with Crippen molar-refractivity contribution in [3.05, 3.63) is 83.7 Å². The van der Waals surface area contributed by atoms with Crippen LogP contribution in [0.2, 0.25) is 0 Å². The van der Waals surface area contributed by atoms with Gasteiger partial charge < -0.3 is 10.1 Å². The van der Waals surface area contributed by atoms with Gasteiger partial charge in [0, 0.05) is 27.8 Å². The molecular formula is C25H19N3O2S2. The Kier molecular flexibility index (Phi) is 6.85. The highest BCUT2D eigenvalue weighted by atomic mass is 32.2. The van der Waals surface area contributed by atoms with Crippen molar-refractivity contribution in [2.24, 2.45) is 0 Å². The molecule has 0 radical (unpaired) electrons. The number of thioether (sulfide) groups is 1. The fraction of sp³-hybridized carbons (Fsp3) is 0.0800. The number of ether oxygens (including phenoxy) is 1. The second-order valence-corrected chi connectivity index (χ2v) is 8.67. The van der Waals surface area contributed by atoms with Gasteiger partial charge in [-0.3, -0.25) is 4.79 Å². The number of hydrogen-bond acceptors (Lipinski definition) is 6. The number of pyridine rings is 1. The first-order valence-electron chi connectivity index (χ1n) is 9.79. The lowest BCUT2D eigenvalue weighted by atomic mass is 10.0. The highest BCUT2D eigenvalue weighted by molar-refractivity contribution is 8.00. The summed E-state index contributed by atoms with van der Waals surface area (Å²) in [4.78, 5) is 18.3. The van der Waals surface area contributed by atoms with Crippen LogP contribution in [0.3, 0.4) is 0 Å². The molecule has 1 N–H and O–H groups in total. The van der Waals surface area contributed by atoms with Gasteiger partial charge in [-0.05, 0) is 29.6 Å². The highest BCUT2D eigenvalue weighted by Gasteiger charge is 2.17. The first-order valence-corrected chi connectivity index (χ1v) is 11.7. The normalized spacial score (nSPS) is 10.4. The number of benzene rings is 2. The van der Waals surface area contributed by atoms with Gasteiger partial charge in [-0.25, -0.2) is 4.98 Å². The number of nitrogens with one attached hydrogen (secondary N) is 1. The summed E-state index contributed by atoms with van der Waals surface area (Å²) >= 11 is 2.83. The van der Waals surface area contributed by atoms with Crippen LogP contribution in [-0.4, -0.2) is 23.8 Å². The van der Waals surface area contributed by atoms with Gasteiger partial charge in [0.05, 0.1) is 24.1 Å². The van der Waals surface area contributed by atoms with E-state index < -0.39 is 0 Å². The number of anilines is 1. The average Bonchev–Trinajstić information content (AvgIpc) is 3.37. The van der Waals surface area contributed by atoms with Gasteiger partial charge in [-0.1, -0.05) is 54.2 Å². The van der Waals surface area contributed by atoms with E-state index >= 15 is 0 Å². The highest BCUT2D eigenvalue weighted by Crippen LogP contribution is 2.36. The Balaban J connectivity index is 1.63. The lowest BCUT2D eigenvalue weighted by molar-refractivity contribution is -0.113. The van der Waals surface area contributed by atoms with E-state index in [0.29, 0.717) is 22.0 Å². The van der Waals surface area contributed by atoms with Crippen molar-refractivity contribution in [1.82, 2.24) is 4.98 Å². The second-order valence-electron chi connectivity index (χ2n) is 6.76. The van der Waals surface area contributed by atoms with Crippen molar-refractivity contribution in [2.75, 3.05) is 18.2 Å². The van der Waals surface area contributed by atoms with Gasteiger partial charge in [-0.15, -0.1) is 11.3 Å². The molecule has 0 atom stereocenters. The minimum Gasteiger partial charge on any atom is -0.497 e. The summed E-state index contributed by atoms with van der Waals surface area (Å²) in [6, 6.07) is 25.2. The molecule has 32 heavy (non-hydrogen) atoms. The lowest BCUT2D eigenvalue weighted by Gasteiger charge is -2.12. The zero-order chi connectivity index (χ0) is 22.3. The Morgan fingerprint density at radius 2 is 1.97 bits per heavy atom. The SMILES string of the molecule is COc1cccc(NC(=O)CSc2nc(-c3ccccc3)cc(-c3cccs3)c2C#N)c1. The average molecular weight is 458 g/mol. The molecule has 0 spiro atoms. The summed E-state index contributed by atoms with van der Waals surface area (Å²) < 4.78 is 5.20. The largest absolute Gasteiger partial charge is 0.497 e. The fourth-order valence-electron chi connectivity index (χ4n) is 3.15. The molecule has 4 aromatic rings. The van der Waals surface area contributed by atoms with Crippen molar-refractivity contribution in [1.29, 1.82) is 5.26 Å². The van der Waals surface area contributed by atoms with Crippen LogP contribution in [0.25, 0.3) is 21.7 Å². The molecule has 0 bridgehead atoms. The molecule has 0 saturated carbocycles. The predicted octanol–water partition coefficient (Wildman–Crippen LogP) is 6.09. The molecule has 2 heterocycles. The van der Waals surface area contributed by atoms with Gasteiger partial charge in [0.15, 0.2) is 0 Å². The number of carbonyl (C=O) groups excluding carboxylic acids is 1. The number of nitriles is 1. The smallest absolute Gasteiger partial charge is 0.234 e. The van der Waals surface area contributed by atoms with Gasteiger partial charge >= 0.3 is 0 Å². The van der Waals surface area contributed by atoms with Crippen molar-refractivity contribution < 1.29 is 9.53 Å². The maximum atomic E-state index is 12.6. The number of methoxy groups -OCH3 is 1. The number of thiophene rings is 1. The number of amides is 1. The molecule has 4 rings (SSSR count). The van der Waals surface area contributed by atoms with Crippen LogP contribution in [0, 0.1) is 11.3 Å². The lowest BCUT2D eigenvalue weighted by Crippen LogP contribution is -2.14. The second kappa shape index (κ2) is 10.1. The van der Waals surface area contributed by atoms with Crippen LogP contribution < -0.4 is 10.1 Å². The molecule has 7 heteroatoms. The third kappa shape index (κ3) is 4.99. The third-order valence-corrected chi connectivity index (χ3v) is 6.53. The Morgan fingerprint density at radius 3 is 2.69 bits per heavy atom. The zero-order valence-electron chi connectivity index (χ0n) is 17.2. The number of rotatable bonds is 7. The van der Waals surface area contributed by atoms with Crippen molar-refractivity contribution in [3.8, 4) is 33.5 Å². The quantitative estimate of drug-likeness (QED) is 0.340. The monoisotopic (exact) mass is 457 g/mol. The van der Waals surface area contributed by atoms with Gasteiger partial charge in [0.1, 0.15) is 16.8 Å². The summed E-state index contributed by atoms with van der Waals surface area (Å²) in [5, 5.41) is 15.3. The van der Waals surface area contributed by atoms with Crippen molar-refractivity contribution in [2.45, 2.75) is 5.03 Å². The summed E-state index contributed by atoms with van der Waals surface area (Å²) in [5.41, 5.74) is 3.68. The molecule has 0 unspecified atom stereocenters. The Hall–Kier alpha value is -3.60. The van der Waals surface area contributed by atoms with Gasteiger partial charge in [-0.2, -0.15) is 5.26 Å². The molecule has 0 fully saturated rings. The van der Waals surface area contributed by atoms with E-state index in [1.54, 1.807) is 30.6 Å². The van der Waals surface area contributed by atoms with E-state index in [4.69, 9.17) is 9.72 Å². The first-order chi connectivity index (χ1) is 15.7.